The lowest BCUT2D eigenvalue weighted by Crippen LogP contribution is -2.42. The van der Waals surface area contributed by atoms with Gasteiger partial charge in [-0.05, 0) is 19.4 Å². The number of rotatable bonds is 4. The van der Waals surface area contributed by atoms with Crippen LogP contribution in [-0.2, 0) is 4.79 Å². The third kappa shape index (κ3) is 2.82. The van der Waals surface area contributed by atoms with Crippen LogP contribution in [-0.4, -0.2) is 40.8 Å². The Hall–Kier alpha value is -1.98. The minimum atomic E-state index is -0.203. The molecule has 98 valence electrons. The van der Waals surface area contributed by atoms with Gasteiger partial charge in [0, 0.05) is 37.4 Å². The van der Waals surface area contributed by atoms with Crippen molar-refractivity contribution >= 4 is 17.5 Å². The molecule has 0 radical (unpaired) electrons. The summed E-state index contributed by atoms with van der Waals surface area (Å²) >= 11 is 0. The van der Waals surface area contributed by atoms with Gasteiger partial charge >= 0.3 is 0 Å². The highest BCUT2D eigenvalue weighted by Gasteiger charge is 2.22. The summed E-state index contributed by atoms with van der Waals surface area (Å²) in [6.07, 6.45) is 3.10. The van der Waals surface area contributed by atoms with E-state index < -0.39 is 0 Å². The molecule has 0 spiro atoms. The van der Waals surface area contributed by atoms with Crippen LogP contribution in [0.25, 0.3) is 0 Å². The second-order valence-electron chi connectivity index (χ2n) is 4.66. The van der Waals surface area contributed by atoms with Gasteiger partial charge in [0.05, 0.1) is 0 Å². The Labute approximate surface area is 106 Å². The molecule has 1 fully saturated rings. The molecule has 0 aromatic carbocycles. The summed E-state index contributed by atoms with van der Waals surface area (Å²) in [5.74, 6) is -0.0361. The molecule has 6 nitrogen and oxygen atoms in total. The molecule has 6 heteroatoms. The van der Waals surface area contributed by atoms with Crippen LogP contribution in [0.4, 0.5) is 5.69 Å². The molecule has 0 saturated carbocycles. The zero-order valence-electron chi connectivity index (χ0n) is 10.4. The summed E-state index contributed by atoms with van der Waals surface area (Å²) in [7, 11) is 0. The van der Waals surface area contributed by atoms with Crippen LogP contribution in [0.1, 0.15) is 30.3 Å². The highest BCUT2D eigenvalue weighted by atomic mass is 16.2. The summed E-state index contributed by atoms with van der Waals surface area (Å²) in [5.41, 5.74) is 6.50. The molecule has 1 aromatic rings. The number of nitrogens with zero attached hydrogens (tertiary/aromatic N) is 1. The third-order valence-electron chi connectivity index (χ3n) is 2.99. The van der Waals surface area contributed by atoms with Crippen LogP contribution < -0.4 is 11.1 Å². The van der Waals surface area contributed by atoms with E-state index in [0.717, 1.165) is 13.0 Å². The van der Waals surface area contributed by atoms with Crippen molar-refractivity contribution < 1.29 is 9.59 Å². The first kappa shape index (κ1) is 12.5. The number of nitrogens with one attached hydrogen (secondary N) is 2. The molecule has 1 unspecified atom stereocenters. The number of hydrogen-bond acceptors (Lipinski definition) is 3. The molecule has 1 saturated heterocycles. The van der Waals surface area contributed by atoms with E-state index in [4.69, 9.17) is 5.73 Å². The van der Waals surface area contributed by atoms with Crippen molar-refractivity contribution in [2.75, 3.05) is 18.8 Å². The molecule has 1 aliphatic heterocycles. The fourth-order valence-electron chi connectivity index (χ4n) is 2.12. The molecule has 1 aromatic heterocycles. The Morgan fingerprint density at radius 2 is 2.44 bits per heavy atom. The smallest absolute Gasteiger partial charge is 0.268 e. The number of aromatic amines is 1. The average Bonchev–Trinajstić information content (AvgIpc) is 2.89. The maximum absolute atomic E-state index is 11.8. The summed E-state index contributed by atoms with van der Waals surface area (Å²) in [6, 6.07) is 1.51. The number of likely N-dealkylation sites (tertiary alicyclic amines) is 1. The number of H-pyrrole nitrogens is 1. The minimum Gasteiger partial charge on any atom is -0.397 e. The van der Waals surface area contributed by atoms with Gasteiger partial charge < -0.3 is 20.9 Å². The van der Waals surface area contributed by atoms with E-state index in [1.54, 1.807) is 17.2 Å². The third-order valence-corrected chi connectivity index (χ3v) is 2.99. The standard InChI is InChI=1S/C12H18N4O2/c1-8(7-16-4-2-3-11(16)17)15-12(18)10-5-9(13)6-14-10/h5-6,8,14H,2-4,7,13H2,1H3,(H,15,18). The zero-order chi connectivity index (χ0) is 13.1. The molecular formula is C12H18N4O2. The number of hydrogen-bond donors (Lipinski definition) is 3. The van der Waals surface area contributed by atoms with Gasteiger partial charge in [0.1, 0.15) is 5.69 Å². The van der Waals surface area contributed by atoms with E-state index >= 15 is 0 Å². The quantitative estimate of drug-likeness (QED) is 0.719. The van der Waals surface area contributed by atoms with Gasteiger partial charge in [-0.3, -0.25) is 9.59 Å². The molecule has 4 N–H and O–H groups in total. The first-order chi connectivity index (χ1) is 8.56. The lowest BCUT2D eigenvalue weighted by Gasteiger charge is -2.21. The van der Waals surface area contributed by atoms with Gasteiger partial charge in [0.2, 0.25) is 5.91 Å². The van der Waals surface area contributed by atoms with Crippen LogP contribution in [0.3, 0.4) is 0 Å². The minimum absolute atomic E-state index is 0.0796. The fourth-order valence-corrected chi connectivity index (χ4v) is 2.12. The summed E-state index contributed by atoms with van der Waals surface area (Å²) in [4.78, 5) is 27.9. The zero-order valence-corrected chi connectivity index (χ0v) is 10.4. The molecule has 0 bridgehead atoms. The van der Waals surface area contributed by atoms with Crippen LogP contribution in [0.15, 0.2) is 12.3 Å². The summed E-state index contributed by atoms with van der Waals surface area (Å²) < 4.78 is 0. The van der Waals surface area contributed by atoms with Gasteiger partial charge in [-0.25, -0.2) is 0 Å². The second kappa shape index (κ2) is 5.12. The Morgan fingerprint density at radius 3 is 3.00 bits per heavy atom. The van der Waals surface area contributed by atoms with Gasteiger partial charge in [-0.1, -0.05) is 0 Å². The number of aromatic nitrogens is 1. The van der Waals surface area contributed by atoms with Crippen molar-refractivity contribution in [3.05, 3.63) is 18.0 Å². The number of anilines is 1. The lowest BCUT2D eigenvalue weighted by atomic mass is 10.3. The van der Waals surface area contributed by atoms with Crippen LogP contribution >= 0.6 is 0 Å². The molecule has 2 heterocycles. The number of nitrogens with two attached hydrogens (primary N) is 1. The van der Waals surface area contributed by atoms with Crippen LogP contribution in [0.5, 0.6) is 0 Å². The predicted molar refractivity (Wildman–Crippen MR) is 67.9 cm³/mol. The van der Waals surface area contributed by atoms with E-state index in [1.807, 2.05) is 6.92 Å². The number of carbonyl (C=O) groups is 2. The van der Waals surface area contributed by atoms with Gasteiger partial charge in [-0.2, -0.15) is 0 Å². The molecule has 0 aliphatic carbocycles. The van der Waals surface area contributed by atoms with Crippen LogP contribution in [0.2, 0.25) is 0 Å². The molecular weight excluding hydrogens is 232 g/mol. The Morgan fingerprint density at radius 1 is 1.67 bits per heavy atom. The first-order valence-corrected chi connectivity index (χ1v) is 6.09. The molecule has 2 rings (SSSR count). The van der Waals surface area contributed by atoms with E-state index in [2.05, 4.69) is 10.3 Å². The maximum Gasteiger partial charge on any atom is 0.268 e. The fraction of sp³-hybridized carbons (Fsp3) is 0.500. The van der Waals surface area contributed by atoms with E-state index in [9.17, 15) is 9.59 Å². The highest BCUT2D eigenvalue weighted by molar-refractivity contribution is 5.93. The van der Waals surface area contributed by atoms with Crippen molar-refractivity contribution in [3.63, 3.8) is 0 Å². The van der Waals surface area contributed by atoms with Crippen molar-refractivity contribution in [2.24, 2.45) is 0 Å². The average molecular weight is 250 g/mol. The monoisotopic (exact) mass is 250 g/mol. The number of carbonyl (C=O) groups excluding carboxylic acids is 2. The van der Waals surface area contributed by atoms with E-state index in [1.165, 1.54) is 0 Å². The van der Waals surface area contributed by atoms with Gasteiger partial charge in [-0.15, -0.1) is 0 Å². The van der Waals surface area contributed by atoms with Crippen molar-refractivity contribution in [3.8, 4) is 0 Å². The SMILES string of the molecule is CC(CN1CCCC1=O)NC(=O)c1cc(N)c[nH]1. The van der Waals surface area contributed by atoms with E-state index in [-0.39, 0.29) is 17.9 Å². The van der Waals surface area contributed by atoms with Crippen molar-refractivity contribution in [1.29, 1.82) is 0 Å². The van der Waals surface area contributed by atoms with Crippen molar-refractivity contribution in [1.82, 2.24) is 15.2 Å². The van der Waals surface area contributed by atoms with E-state index in [0.29, 0.717) is 24.3 Å². The number of amides is 2. The first-order valence-electron chi connectivity index (χ1n) is 6.09. The topological polar surface area (TPSA) is 91.2 Å². The summed E-state index contributed by atoms with van der Waals surface area (Å²) in [5, 5.41) is 2.84. The Balaban J connectivity index is 1.85. The predicted octanol–water partition coefficient (Wildman–Crippen LogP) is 0.338. The largest absolute Gasteiger partial charge is 0.397 e. The lowest BCUT2D eigenvalue weighted by molar-refractivity contribution is -0.127. The van der Waals surface area contributed by atoms with Crippen molar-refractivity contribution in [2.45, 2.75) is 25.8 Å². The Kier molecular flexibility index (Phi) is 3.55. The molecule has 18 heavy (non-hydrogen) atoms. The maximum atomic E-state index is 11.8. The summed E-state index contributed by atoms with van der Waals surface area (Å²) in [6.45, 7) is 3.23. The highest BCUT2D eigenvalue weighted by Crippen LogP contribution is 2.10. The molecule has 2 amide bonds. The second-order valence-corrected chi connectivity index (χ2v) is 4.66. The van der Waals surface area contributed by atoms with Gasteiger partial charge in [0.25, 0.3) is 5.91 Å². The van der Waals surface area contributed by atoms with Crippen LogP contribution in [0, 0.1) is 0 Å². The van der Waals surface area contributed by atoms with Gasteiger partial charge in [0.15, 0.2) is 0 Å². The normalized spacial score (nSPS) is 16.9. The molecule has 1 atom stereocenters. The molecule has 1 aliphatic rings. The number of nitrogen functional groups attached to an aromatic ring is 1. The Bertz CT molecular complexity index is 455.